The van der Waals surface area contributed by atoms with E-state index in [-0.39, 0.29) is 24.0 Å². The van der Waals surface area contributed by atoms with Crippen LogP contribution in [0.25, 0.3) is 0 Å². The van der Waals surface area contributed by atoms with Crippen LogP contribution in [0.1, 0.15) is 24.5 Å². The number of nitrogens with zero attached hydrogens (tertiary/aromatic N) is 1. The Morgan fingerprint density at radius 1 is 1.00 bits per heavy atom. The largest absolute Gasteiger partial charge is 0.492 e. The summed E-state index contributed by atoms with van der Waals surface area (Å²) in [5.74, 6) is 1.72. The molecule has 0 aliphatic rings. The summed E-state index contributed by atoms with van der Waals surface area (Å²) in [6.45, 7) is 11.0. The number of hydrogen-bond acceptors (Lipinski definition) is 4. The number of nitrogens with one attached hydrogen (secondary N) is 2. The number of ether oxygens (including phenoxy) is 3. The second-order valence-corrected chi connectivity index (χ2v) is 5.82. The number of hydrogen-bond donors (Lipinski definition) is 2. The van der Waals surface area contributed by atoms with Gasteiger partial charge in [-0.1, -0.05) is 6.07 Å². The van der Waals surface area contributed by atoms with Crippen molar-refractivity contribution in [1.29, 1.82) is 0 Å². The van der Waals surface area contributed by atoms with E-state index in [1.807, 2.05) is 0 Å². The van der Waals surface area contributed by atoms with Crippen LogP contribution < -0.4 is 15.4 Å². The molecule has 0 bridgehead atoms. The first-order chi connectivity index (χ1) is 12.2. The van der Waals surface area contributed by atoms with Gasteiger partial charge in [-0.25, -0.2) is 0 Å². The zero-order valence-electron chi connectivity index (χ0n) is 16.5. The first-order valence-corrected chi connectivity index (χ1v) is 8.95. The number of halogens is 1. The molecule has 0 aromatic heterocycles. The Morgan fingerprint density at radius 2 is 1.73 bits per heavy atom. The van der Waals surface area contributed by atoms with Crippen molar-refractivity contribution in [3.05, 3.63) is 29.3 Å². The van der Waals surface area contributed by atoms with Gasteiger partial charge in [-0.2, -0.15) is 0 Å². The van der Waals surface area contributed by atoms with Crippen LogP contribution in [0.3, 0.4) is 0 Å². The fourth-order valence-corrected chi connectivity index (χ4v) is 2.30. The Morgan fingerprint density at radius 3 is 2.38 bits per heavy atom. The molecule has 1 rings (SSSR count). The van der Waals surface area contributed by atoms with Crippen LogP contribution in [-0.2, 0) is 9.47 Å². The molecule has 2 N–H and O–H groups in total. The highest BCUT2D eigenvalue weighted by molar-refractivity contribution is 14.0. The average Bonchev–Trinajstić information content (AvgIpc) is 2.57. The van der Waals surface area contributed by atoms with Crippen molar-refractivity contribution < 1.29 is 14.2 Å². The predicted molar refractivity (Wildman–Crippen MR) is 118 cm³/mol. The molecule has 0 aliphatic heterocycles. The van der Waals surface area contributed by atoms with E-state index < -0.39 is 0 Å². The minimum Gasteiger partial charge on any atom is -0.492 e. The smallest absolute Gasteiger partial charge is 0.191 e. The van der Waals surface area contributed by atoms with E-state index in [1.165, 1.54) is 11.1 Å². The number of aliphatic imine (C=N–C) groups is 1. The second kappa shape index (κ2) is 16.1. The van der Waals surface area contributed by atoms with Crippen LogP contribution in [0.4, 0.5) is 0 Å². The number of methoxy groups -OCH3 is 1. The monoisotopic (exact) mass is 479 g/mol. The highest BCUT2D eigenvalue weighted by Gasteiger charge is 1.99. The summed E-state index contributed by atoms with van der Waals surface area (Å²) >= 11 is 0. The molecule has 0 aliphatic carbocycles. The van der Waals surface area contributed by atoms with Gasteiger partial charge < -0.3 is 24.8 Å². The normalized spacial score (nSPS) is 11.0. The summed E-state index contributed by atoms with van der Waals surface area (Å²) in [6, 6.07) is 6.24. The molecular weight excluding hydrogens is 445 g/mol. The van der Waals surface area contributed by atoms with E-state index in [0.29, 0.717) is 33.0 Å². The van der Waals surface area contributed by atoms with Gasteiger partial charge in [0.2, 0.25) is 0 Å². The lowest BCUT2D eigenvalue weighted by atomic mass is 10.1. The molecule has 0 spiro atoms. The molecule has 0 saturated heterocycles. The standard InChI is InChI=1S/C19H33N3O3.HI/c1-5-20-19(21-7-6-9-24-12-11-23-4)22-8-10-25-18-14-16(2)13-17(3)15-18;/h13-15H,5-12H2,1-4H3,(H2,20,21,22);1H. The van der Waals surface area contributed by atoms with Crippen molar-refractivity contribution in [2.45, 2.75) is 27.2 Å². The van der Waals surface area contributed by atoms with Gasteiger partial charge in [0.05, 0.1) is 19.8 Å². The van der Waals surface area contributed by atoms with Gasteiger partial charge >= 0.3 is 0 Å². The van der Waals surface area contributed by atoms with Crippen LogP contribution >= 0.6 is 24.0 Å². The third-order valence-electron chi connectivity index (χ3n) is 3.35. The maximum atomic E-state index is 5.80. The highest BCUT2D eigenvalue weighted by atomic mass is 127. The van der Waals surface area contributed by atoms with Crippen molar-refractivity contribution in [3.63, 3.8) is 0 Å². The van der Waals surface area contributed by atoms with Crippen molar-refractivity contribution in [2.24, 2.45) is 4.99 Å². The number of aryl methyl sites for hydroxylation is 2. The number of benzene rings is 1. The topological polar surface area (TPSA) is 64.1 Å². The van der Waals surface area contributed by atoms with E-state index in [1.54, 1.807) is 7.11 Å². The summed E-state index contributed by atoms with van der Waals surface area (Å²) in [5.41, 5.74) is 2.43. The molecular formula is C19H34IN3O3. The van der Waals surface area contributed by atoms with Crippen LogP contribution in [0.5, 0.6) is 5.75 Å². The lowest BCUT2D eigenvalue weighted by Gasteiger charge is -2.12. The van der Waals surface area contributed by atoms with Crippen molar-refractivity contribution in [3.8, 4) is 5.75 Å². The maximum Gasteiger partial charge on any atom is 0.191 e. The van der Waals surface area contributed by atoms with E-state index in [9.17, 15) is 0 Å². The summed E-state index contributed by atoms with van der Waals surface area (Å²) in [7, 11) is 1.67. The van der Waals surface area contributed by atoms with E-state index in [0.717, 1.165) is 31.2 Å². The molecule has 0 fully saturated rings. The third-order valence-corrected chi connectivity index (χ3v) is 3.35. The van der Waals surface area contributed by atoms with Crippen LogP contribution in [-0.4, -0.2) is 59.1 Å². The minimum absolute atomic E-state index is 0. The van der Waals surface area contributed by atoms with Gasteiger partial charge in [0.1, 0.15) is 12.4 Å². The molecule has 0 saturated carbocycles. The first-order valence-electron chi connectivity index (χ1n) is 8.95. The highest BCUT2D eigenvalue weighted by Crippen LogP contribution is 2.15. The molecule has 0 amide bonds. The summed E-state index contributed by atoms with van der Waals surface area (Å²) in [6.07, 6.45) is 0.888. The van der Waals surface area contributed by atoms with Crippen LogP contribution in [0.15, 0.2) is 23.2 Å². The van der Waals surface area contributed by atoms with E-state index in [4.69, 9.17) is 14.2 Å². The zero-order chi connectivity index (χ0) is 18.3. The number of rotatable bonds is 12. The molecule has 7 heteroatoms. The van der Waals surface area contributed by atoms with Crippen molar-refractivity contribution in [2.75, 3.05) is 53.2 Å². The fourth-order valence-electron chi connectivity index (χ4n) is 2.30. The van der Waals surface area contributed by atoms with Crippen LogP contribution in [0, 0.1) is 13.8 Å². The van der Waals surface area contributed by atoms with Gasteiger partial charge in [-0.05, 0) is 50.5 Å². The van der Waals surface area contributed by atoms with Gasteiger partial charge in [-0.15, -0.1) is 24.0 Å². The average molecular weight is 479 g/mol. The summed E-state index contributed by atoms with van der Waals surface area (Å²) < 4.78 is 16.2. The Hall–Kier alpha value is -1.06. The van der Waals surface area contributed by atoms with Crippen molar-refractivity contribution in [1.82, 2.24) is 10.6 Å². The van der Waals surface area contributed by atoms with Gasteiger partial charge in [0.25, 0.3) is 0 Å². The Kier molecular flexibility index (Phi) is 15.5. The molecule has 0 heterocycles. The lowest BCUT2D eigenvalue weighted by Crippen LogP contribution is -2.39. The molecule has 0 atom stereocenters. The third kappa shape index (κ3) is 12.3. The lowest BCUT2D eigenvalue weighted by molar-refractivity contribution is 0.0702. The van der Waals surface area contributed by atoms with Crippen LogP contribution in [0.2, 0.25) is 0 Å². The molecule has 1 aromatic carbocycles. The molecule has 0 radical (unpaired) electrons. The van der Waals surface area contributed by atoms with Gasteiger partial charge in [0.15, 0.2) is 5.96 Å². The molecule has 0 unspecified atom stereocenters. The van der Waals surface area contributed by atoms with E-state index >= 15 is 0 Å². The summed E-state index contributed by atoms with van der Waals surface area (Å²) in [5, 5.41) is 6.52. The Balaban J connectivity index is 0.00000625. The predicted octanol–water partition coefficient (Wildman–Crippen LogP) is 2.91. The van der Waals surface area contributed by atoms with E-state index in [2.05, 4.69) is 54.6 Å². The van der Waals surface area contributed by atoms with Gasteiger partial charge in [-0.3, -0.25) is 4.99 Å². The second-order valence-electron chi connectivity index (χ2n) is 5.82. The molecule has 6 nitrogen and oxygen atoms in total. The maximum absolute atomic E-state index is 5.80. The molecule has 26 heavy (non-hydrogen) atoms. The van der Waals surface area contributed by atoms with Crippen molar-refractivity contribution >= 4 is 29.9 Å². The number of guanidine groups is 1. The minimum atomic E-state index is 0. The SMILES string of the molecule is CCNC(=NCCCOCCOC)NCCOc1cc(C)cc(C)c1.I. The summed E-state index contributed by atoms with van der Waals surface area (Å²) in [4.78, 5) is 4.53. The van der Waals surface area contributed by atoms with Gasteiger partial charge in [0, 0.05) is 26.8 Å². The molecule has 1 aromatic rings. The first kappa shape index (κ1) is 24.9. The Bertz CT molecular complexity index is 493. The quantitative estimate of drug-likeness (QED) is 0.209. The zero-order valence-corrected chi connectivity index (χ0v) is 18.8. The molecule has 150 valence electrons. The fraction of sp³-hybridized carbons (Fsp3) is 0.632. The Labute approximate surface area is 175 Å².